The zero-order valence-electron chi connectivity index (χ0n) is 8.06. The number of ketones is 1. The molecule has 0 heterocycles. The number of carbonyl (C=O) groups excluding carboxylic acids is 2. The van der Waals surface area contributed by atoms with E-state index in [1.807, 2.05) is 0 Å². The van der Waals surface area contributed by atoms with E-state index in [1.165, 1.54) is 6.07 Å². The van der Waals surface area contributed by atoms with Crippen LogP contribution in [0.1, 0.15) is 33.2 Å². The minimum absolute atomic E-state index is 0.206. The second-order valence-corrected chi connectivity index (χ2v) is 4.22. The van der Waals surface area contributed by atoms with Crippen LogP contribution < -0.4 is 0 Å². The van der Waals surface area contributed by atoms with Crippen molar-refractivity contribution in [2.24, 2.45) is 0 Å². The summed E-state index contributed by atoms with van der Waals surface area (Å²) in [4.78, 5) is 21.9. The number of alkyl halides is 3. The van der Waals surface area contributed by atoms with Crippen LogP contribution in [0.3, 0.4) is 0 Å². The third-order valence-corrected chi connectivity index (χ3v) is 2.91. The average molecular weight is 342 g/mol. The van der Waals surface area contributed by atoms with E-state index in [-0.39, 0.29) is 11.8 Å². The Kier molecular flexibility index (Phi) is 3.72. The predicted octanol–water partition coefficient (Wildman–Crippen LogP) is 3.33. The van der Waals surface area contributed by atoms with Crippen molar-refractivity contribution in [3.8, 4) is 0 Å². The van der Waals surface area contributed by atoms with Crippen molar-refractivity contribution in [1.29, 1.82) is 0 Å². The maximum Gasteiger partial charge on any atom is 0.417 e. The summed E-state index contributed by atoms with van der Waals surface area (Å²) in [6.07, 6.45) is -4.36. The molecule has 1 aromatic rings. The number of halogens is 4. The first-order chi connectivity index (χ1) is 7.29. The van der Waals surface area contributed by atoms with Gasteiger partial charge in [-0.15, -0.1) is 0 Å². The molecule has 0 spiro atoms. The molecule has 1 rings (SSSR count). The molecule has 6 heteroatoms. The maximum atomic E-state index is 12.6. The van der Waals surface area contributed by atoms with Crippen molar-refractivity contribution in [1.82, 2.24) is 0 Å². The van der Waals surface area contributed by atoms with Crippen LogP contribution in [0.5, 0.6) is 0 Å². The van der Waals surface area contributed by atoms with Crippen molar-refractivity contribution < 1.29 is 22.8 Å². The third kappa shape index (κ3) is 2.42. The van der Waals surface area contributed by atoms with Gasteiger partial charge in [0.05, 0.1) is 5.56 Å². The summed E-state index contributed by atoms with van der Waals surface area (Å²) in [6, 6.07) is 1.98. The Morgan fingerprint density at radius 1 is 1.38 bits per heavy atom. The van der Waals surface area contributed by atoms with Gasteiger partial charge in [-0.2, -0.15) is 13.2 Å². The van der Waals surface area contributed by atoms with Gasteiger partial charge in [0, 0.05) is 14.7 Å². The normalized spacial score (nSPS) is 11.3. The van der Waals surface area contributed by atoms with Crippen LogP contribution in [-0.2, 0) is 6.18 Å². The summed E-state index contributed by atoms with van der Waals surface area (Å²) in [6.45, 7) is 1.01. The van der Waals surface area contributed by atoms with Gasteiger partial charge in [-0.25, -0.2) is 0 Å². The summed E-state index contributed by atoms with van der Waals surface area (Å²) < 4.78 is 38.1. The zero-order valence-corrected chi connectivity index (χ0v) is 10.2. The van der Waals surface area contributed by atoms with Gasteiger partial charge in [0.15, 0.2) is 12.1 Å². The molecular formula is C10H6F3IO2. The molecule has 0 bridgehead atoms. The van der Waals surface area contributed by atoms with Crippen LogP contribution in [0.25, 0.3) is 0 Å². The van der Waals surface area contributed by atoms with E-state index in [9.17, 15) is 22.8 Å². The minimum Gasteiger partial charge on any atom is -0.298 e. The highest BCUT2D eigenvalue weighted by molar-refractivity contribution is 14.1. The van der Waals surface area contributed by atoms with Crippen LogP contribution in [0.4, 0.5) is 13.2 Å². The fourth-order valence-corrected chi connectivity index (χ4v) is 1.90. The van der Waals surface area contributed by atoms with E-state index < -0.39 is 23.1 Å². The molecule has 0 atom stereocenters. The Hall–Kier alpha value is -0.920. The summed E-state index contributed by atoms with van der Waals surface area (Å²) in [7, 11) is 0. The van der Waals surface area contributed by atoms with Crippen molar-refractivity contribution in [2.45, 2.75) is 13.1 Å². The van der Waals surface area contributed by atoms with Crippen molar-refractivity contribution in [3.63, 3.8) is 0 Å². The molecule has 0 aliphatic heterocycles. The zero-order chi connectivity index (χ0) is 12.5. The number of carbonyl (C=O) groups is 2. The second kappa shape index (κ2) is 4.52. The fraction of sp³-hybridized carbons (Fsp3) is 0.200. The lowest BCUT2D eigenvalue weighted by Crippen LogP contribution is -2.15. The Bertz CT molecular complexity index is 452. The van der Waals surface area contributed by atoms with Crippen molar-refractivity contribution in [3.05, 3.63) is 32.4 Å². The van der Waals surface area contributed by atoms with Crippen LogP contribution in [0, 0.1) is 3.57 Å². The SMILES string of the molecule is CC(=O)c1c(C(F)(F)F)ccc(I)c1C=O. The van der Waals surface area contributed by atoms with E-state index in [0.717, 1.165) is 13.0 Å². The Morgan fingerprint density at radius 2 is 1.94 bits per heavy atom. The molecule has 0 fully saturated rings. The van der Waals surface area contributed by atoms with Crippen molar-refractivity contribution >= 4 is 34.7 Å². The quantitative estimate of drug-likeness (QED) is 0.469. The third-order valence-electron chi connectivity index (χ3n) is 1.97. The number of hydrogen-bond donors (Lipinski definition) is 0. The highest BCUT2D eigenvalue weighted by Gasteiger charge is 2.36. The van der Waals surface area contributed by atoms with Crippen LogP contribution >= 0.6 is 22.6 Å². The molecule has 0 amide bonds. The smallest absolute Gasteiger partial charge is 0.298 e. The number of rotatable bonds is 2. The maximum absolute atomic E-state index is 12.6. The highest BCUT2D eigenvalue weighted by atomic mass is 127. The summed E-state index contributed by atoms with van der Waals surface area (Å²) >= 11 is 1.71. The molecule has 0 N–H and O–H groups in total. The largest absolute Gasteiger partial charge is 0.417 e. The average Bonchev–Trinajstić information content (AvgIpc) is 2.14. The molecule has 0 aromatic heterocycles. The number of hydrogen-bond acceptors (Lipinski definition) is 2. The van der Waals surface area contributed by atoms with Gasteiger partial charge >= 0.3 is 6.18 Å². The highest BCUT2D eigenvalue weighted by Crippen LogP contribution is 2.34. The Balaban J connectivity index is 3.65. The van der Waals surface area contributed by atoms with Gasteiger partial charge in [0.2, 0.25) is 0 Å². The molecule has 0 saturated heterocycles. The monoisotopic (exact) mass is 342 g/mol. The lowest BCUT2D eigenvalue weighted by Gasteiger charge is -2.13. The molecule has 0 aliphatic carbocycles. The topological polar surface area (TPSA) is 34.1 Å². The lowest BCUT2D eigenvalue weighted by atomic mass is 9.98. The van der Waals surface area contributed by atoms with E-state index in [1.54, 1.807) is 22.6 Å². The van der Waals surface area contributed by atoms with Gasteiger partial charge < -0.3 is 0 Å². The first-order valence-corrected chi connectivity index (χ1v) is 5.22. The Morgan fingerprint density at radius 3 is 2.31 bits per heavy atom. The van der Waals surface area contributed by atoms with Crippen molar-refractivity contribution in [2.75, 3.05) is 0 Å². The number of Topliss-reactive ketones (excluding diaryl/α,β-unsaturated/α-hetero) is 1. The molecule has 0 saturated carbocycles. The first-order valence-electron chi connectivity index (χ1n) is 4.15. The fourth-order valence-electron chi connectivity index (χ4n) is 1.32. The van der Waals surface area contributed by atoms with Crippen LogP contribution in [-0.4, -0.2) is 12.1 Å². The predicted molar refractivity (Wildman–Crippen MR) is 59.6 cm³/mol. The molecule has 0 unspecified atom stereocenters. The molecule has 16 heavy (non-hydrogen) atoms. The van der Waals surface area contributed by atoms with E-state index in [4.69, 9.17) is 0 Å². The molecule has 2 nitrogen and oxygen atoms in total. The van der Waals surface area contributed by atoms with Crippen LogP contribution in [0.2, 0.25) is 0 Å². The number of benzene rings is 1. The second-order valence-electron chi connectivity index (χ2n) is 3.06. The molecule has 0 aliphatic rings. The molecule has 86 valence electrons. The lowest BCUT2D eigenvalue weighted by molar-refractivity contribution is -0.137. The number of aldehydes is 1. The summed E-state index contributed by atoms with van der Waals surface area (Å²) in [5.41, 5.74) is -1.83. The van der Waals surface area contributed by atoms with E-state index >= 15 is 0 Å². The van der Waals surface area contributed by atoms with E-state index in [2.05, 4.69) is 0 Å². The standard InChI is InChI=1S/C10H6F3IO2/c1-5(16)9-6(4-15)8(14)3-2-7(9)10(11,12)13/h2-4H,1H3. The van der Waals surface area contributed by atoms with Gasteiger partial charge in [0.1, 0.15) is 0 Å². The summed E-state index contributed by atoms with van der Waals surface area (Å²) in [5, 5.41) is 0. The Labute approximate surface area is 103 Å². The van der Waals surface area contributed by atoms with Gasteiger partial charge in [-0.05, 0) is 41.6 Å². The van der Waals surface area contributed by atoms with E-state index in [0.29, 0.717) is 3.57 Å². The molecule has 0 radical (unpaired) electrons. The first kappa shape index (κ1) is 13.1. The van der Waals surface area contributed by atoms with Crippen LogP contribution in [0.15, 0.2) is 12.1 Å². The summed E-state index contributed by atoms with van der Waals surface area (Å²) in [5.74, 6) is -0.770. The van der Waals surface area contributed by atoms with Gasteiger partial charge in [0.25, 0.3) is 0 Å². The molecular weight excluding hydrogens is 336 g/mol. The van der Waals surface area contributed by atoms with Gasteiger partial charge in [-0.1, -0.05) is 0 Å². The van der Waals surface area contributed by atoms with Gasteiger partial charge in [-0.3, -0.25) is 9.59 Å². The minimum atomic E-state index is -4.64. The molecule has 1 aromatic carbocycles.